The van der Waals surface area contributed by atoms with E-state index in [0.717, 1.165) is 44.5 Å². The van der Waals surface area contributed by atoms with Gasteiger partial charge in [-0.15, -0.1) is 0 Å². The Morgan fingerprint density at radius 2 is 0.310 bits per heavy atom. The summed E-state index contributed by atoms with van der Waals surface area (Å²) >= 11 is 0. The van der Waals surface area contributed by atoms with Crippen molar-refractivity contribution in [3.8, 4) is 23.0 Å². The van der Waals surface area contributed by atoms with Gasteiger partial charge in [0, 0.05) is 25.7 Å². The molecular weight excluding hydrogens is 1020 g/mol. The van der Waals surface area contributed by atoms with Crippen LogP contribution in [0.2, 0.25) is 0 Å². The van der Waals surface area contributed by atoms with Crippen LogP contribution < -0.4 is 0 Å². The second-order valence-corrected chi connectivity index (χ2v) is 30.7. The molecule has 0 spiro atoms. The Balaban J connectivity index is 1.04. The van der Waals surface area contributed by atoms with Crippen molar-refractivity contribution in [3.63, 3.8) is 0 Å². The third-order valence-corrected chi connectivity index (χ3v) is 25.5. The van der Waals surface area contributed by atoms with Gasteiger partial charge in [0.25, 0.3) is 0 Å². The summed E-state index contributed by atoms with van der Waals surface area (Å²) in [7, 11) is 0. The van der Waals surface area contributed by atoms with Gasteiger partial charge in [-0.3, -0.25) is 0 Å². The topological polar surface area (TPSA) is 80.9 Å². The first kappa shape index (κ1) is 59.1. The minimum atomic E-state index is 0.366. The van der Waals surface area contributed by atoms with Crippen LogP contribution in [0.25, 0.3) is 0 Å². The summed E-state index contributed by atoms with van der Waals surface area (Å²) < 4.78 is 0. The molecule has 4 aromatic rings. The summed E-state index contributed by atoms with van der Waals surface area (Å²) in [6.07, 6.45) is 54.2. The van der Waals surface area contributed by atoms with Gasteiger partial charge in [0.15, 0.2) is 0 Å². The van der Waals surface area contributed by atoms with Gasteiger partial charge >= 0.3 is 0 Å². The molecule has 8 fully saturated rings. The number of benzene rings is 4. The molecule has 84 heavy (non-hydrogen) atoms. The predicted octanol–water partition coefficient (Wildman–Crippen LogP) is 22.2. The largest absolute Gasteiger partial charge is 0.507 e. The van der Waals surface area contributed by atoms with Crippen LogP contribution in [0.15, 0.2) is 48.5 Å². The SMILES string of the molecule is Oc1c2cc(C(C3CCCCC3)C3CCCCC3)cc1Cc1cc(C(C3CCCCC3)C3CCCCC3)cc(c1O)Cc1cc(C(C3CCCCC3)C3CCCCC3)cc(c1O)Cc1cc(C(C3CCCCC3)C3CCCCC3)cc(c1O)C2. The molecule has 0 amide bonds. The van der Waals surface area contributed by atoms with Crippen molar-refractivity contribution in [3.05, 3.63) is 115 Å². The number of fused-ring (bicyclic) bond motifs is 8. The average molecular weight is 1140 g/mol. The summed E-state index contributed by atoms with van der Waals surface area (Å²) in [5.41, 5.74) is 13.2. The molecule has 9 aliphatic rings. The van der Waals surface area contributed by atoms with Crippen LogP contribution in [-0.4, -0.2) is 20.4 Å². The Morgan fingerprint density at radius 3 is 0.429 bits per heavy atom. The molecular formula is C80H112O4. The highest BCUT2D eigenvalue weighted by atomic mass is 16.3. The monoisotopic (exact) mass is 1140 g/mol. The van der Waals surface area contributed by atoms with Gasteiger partial charge in [-0.05, 0) is 241 Å². The zero-order valence-corrected chi connectivity index (χ0v) is 52.4. The lowest BCUT2D eigenvalue weighted by atomic mass is 9.66. The Hall–Kier alpha value is -3.92. The Labute approximate surface area is 509 Å². The highest BCUT2D eigenvalue weighted by molar-refractivity contribution is 5.59. The Kier molecular flexibility index (Phi) is 19.4. The van der Waals surface area contributed by atoms with Crippen molar-refractivity contribution in [2.75, 3.05) is 0 Å². The minimum Gasteiger partial charge on any atom is -0.507 e. The maximum absolute atomic E-state index is 13.3. The highest BCUT2D eigenvalue weighted by Gasteiger charge is 2.39. The van der Waals surface area contributed by atoms with Gasteiger partial charge in [-0.25, -0.2) is 0 Å². The van der Waals surface area contributed by atoms with Gasteiger partial charge in [0.2, 0.25) is 0 Å². The molecule has 4 heteroatoms. The van der Waals surface area contributed by atoms with Gasteiger partial charge in [0.1, 0.15) is 23.0 Å². The molecule has 13 rings (SSSR count). The third-order valence-electron chi connectivity index (χ3n) is 25.5. The first-order valence-corrected chi connectivity index (χ1v) is 36.7. The van der Waals surface area contributed by atoms with E-state index >= 15 is 0 Å². The second kappa shape index (κ2) is 27.6. The van der Waals surface area contributed by atoms with Crippen LogP contribution in [-0.2, 0) is 25.7 Å². The molecule has 0 heterocycles. The zero-order chi connectivity index (χ0) is 56.9. The maximum Gasteiger partial charge on any atom is 0.122 e. The lowest BCUT2D eigenvalue weighted by Gasteiger charge is -2.39. The van der Waals surface area contributed by atoms with E-state index in [-0.39, 0.29) is 0 Å². The molecule has 4 nitrogen and oxygen atoms in total. The van der Waals surface area contributed by atoms with Crippen molar-refractivity contribution in [2.45, 2.75) is 306 Å². The lowest BCUT2D eigenvalue weighted by Crippen LogP contribution is -2.26. The molecule has 0 aliphatic heterocycles. The standard InChI is InChI=1S/C80H112O4/c81-77-65-41-61(73(53-25-9-1-10-26-53)54-27-11-2-12-28-54)42-66(77)50-68-44-63(75(57-33-17-5-18-34-57)58-35-19-6-20-36-58)46-70(79(68)83)52-72-48-64(76(59-37-21-7-22-38-59)60-39-23-8-24-40-60)47-71(80(72)84)51-69-45-62(43-67(49-65)78(69)82)74(55-29-13-3-14-30-55)56-31-15-4-16-32-56/h41-48,53-60,73-76,81-84H,1-40,49-52H2. The number of rotatable bonds is 12. The molecule has 9 aliphatic carbocycles. The molecule has 0 saturated heterocycles. The van der Waals surface area contributed by atoms with Gasteiger partial charge in [-0.2, -0.15) is 0 Å². The van der Waals surface area contributed by atoms with Crippen molar-refractivity contribution >= 4 is 0 Å². The summed E-state index contributed by atoms with van der Waals surface area (Å²) in [5.74, 6) is 8.33. The van der Waals surface area contributed by atoms with E-state index in [1.165, 1.54) is 279 Å². The van der Waals surface area contributed by atoms with Gasteiger partial charge in [-0.1, -0.05) is 203 Å². The molecule has 0 radical (unpaired) electrons. The molecule has 8 saturated carbocycles. The second-order valence-electron chi connectivity index (χ2n) is 30.7. The van der Waals surface area contributed by atoms with Crippen LogP contribution in [0, 0.1) is 47.3 Å². The molecule has 0 aromatic heterocycles. The fourth-order valence-electron chi connectivity index (χ4n) is 21.5. The van der Waals surface area contributed by atoms with Gasteiger partial charge < -0.3 is 20.4 Å². The minimum absolute atomic E-state index is 0.366. The third kappa shape index (κ3) is 13.1. The number of phenolic OH excluding ortho intramolecular Hbond substituents is 4. The first-order chi connectivity index (χ1) is 41.3. The van der Waals surface area contributed by atoms with Crippen molar-refractivity contribution < 1.29 is 20.4 Å². The van der Waals surface area contributed by atoms with E-state index in [1.54, 1.807) is 0 Å². The Bertz CT molecular complexity index is 2240. The Morgan fingerprint density at radius 1 is 0.190 bits per heavy atom. The van der Waals surface area contributed by atoms with E-state index < -0.39 is 0 Å². The maximum atomic E-state index is 13.3. The van der Waals surface area contributed by atoms with Crippen LogP contribution in [0.4, 0.5) is 0 Å². The van der Waals surface area contributed by atoms with Crippen molar-refractivity contribution in [1.29, 1.82) is 0 Å². The van der Waals surface area contributed by atoms with E-state index in [0.29, 0.717) is 120 Å². The molecule has 0 atom stereocenters. The predicted molar refractivity (Wildman–Crippen MR) is 347 cm³/mol. The number of hydrogen-bond acceptors (Lipinski definition) is 4. The van der Waals surface area contributed by atoms with E-state index in [2.05, 4.69) is 48.5 Å². The van der Waals surface area contributed by atoms with Crippen molar-refractivity contribution in [2.24, 2.45) is 47.3 Å². The van der Waals surface area contributed by atoms with Crippen LogP contribution in [0.5, 0.6) is 23.0 Å². The molecule has 456 valence electrons. The van der Waals surface area contributed by atoms with Crippen LogP contribution in [0.3, 0.4) is 0 Å². The van der Waals surface area contributed by atoms with Crippen molar-refractivity contribution in [1.82, 2.24) is 0 Å². The normalized spacial score (nSPS) is 23.3. The van der Waals surface area contributed by atoms with Crippen LogP contribution in [0.1, 0.15) is 347 Å². The lowest BCUT2D eigenvalue weighted by molar-refractivity contribution is 0.202. The first-order valence-electron chi connectivity index (χ1n) is 36.7. The smallest absolute Gasteiger partial charge is 0.122 e. The number of aromatic hydroxyl groups is 4. The molecule has 8 bridgehead atoms. The highest BCUT2D eigenvalue weighted by Crippen LogP contribution is 2.54. The number of phenols is 4. The fraction of sp³-hybridized carbons (Fsp3) is 0.700. The van der Waals surface area contributed by atoms with Gasteiger partial charge in [0.05, 0.1) is 0 Å². The summed E-state index contributed by atoms with van der Waals surface area (Å²) in [4.78, 5) is 0. The summed E-state index contributed by atoms with van der Waals surface area (Å²) in [6.45, 7) is 0. The molecule has 4 aromatic carbocycles. The number of hydrogen-bond donors (Lipinski definition) is 4. The van der Waals surface area contributed by atoms with Crippen LogP contribution >= 0.6 is 0 Å². The van der Waals surface area contributed by atoms with E-state index in [4.69, 9.17) is 0 Å². The zero-order valence-electron chi connectivity index (χ0n) is 52.4. The van der Waals surface area contributed by atoms with E-state index in [9.17, 15) is 20.4 Å². The summed E-state index contributed by atoms with van der Waals surface area (Å²) in [5, 5.41) is 53.4. The molecule has 4 N–H and O–H groups in total. The fourth-order valence-corrected chi connectivity index (χ4v) is 21.5. The quantitative estimate of drug-likeness (QED) is 0.100. The average Bonchev–Trinajstić information content (AvgIpc) is 2.51. The molecule has 0 unspecified atom stereocenters. The van der Waals surface area contributed by atoms with E-state index in [1.807, 2.05) is 0 Å². The summed E-state index contributed by atoms with van der Waals surface area (Å²) in [6, 6.07) is 19.6.